The molecule has 0 spiro atoms. The normalized spacial score (nSPS) is 12.7. The van der Waals surface area contributed by atoms with Gasteiger partial charge in [-0.1, -0.05) is 44.2 Å². The Kier molecular flexibility index (Phi) is 5.07. The summed E-state index contributed by atoms with van der Waals surface area (Å²) in [6.07, 6.45) is 3.73. The van der Waals surface area contributed by atoms with E-state index in [1.165, 1.54) is 4.52 Å². The van der Waals surface area contributed by atoms with Crippen molar-refractivity contribution in [1.82, 2.24) is 24.1 Å². The third-order valence-electron chi connectivity index (χ3n) is 5.12. The van der Waals surface area contributed by atoms with Gasteiger partial charge in [-0.15, -0.1) is 0 Å². The number of nitrogens with zero attached hydrogens (tertiary/aromatic N) is 4. The van der Waals surface area contributed by atoms with Gasteiger partial charge in [0.05, 0.1) is 24.0 Å². The molecule has 1 aromatic carbocycles. The van der Waals surface area contributed by atoms with E-state index in [2.05, 4.69) is 28.5 Å². The Morgan fingerprint density at radius 3 is 2.62 bits per heavy atom. The average molecular weight is 391 g/mol. The topological polar surface area (TPSA) is 77.2 Å². The molecular formula is C22H25N5O2. The lowest BCUT2D eigenvalue weighted by Crippen LogP contribution is -2.20. The maximum Gasteiger partial charge on any atom is 0.272 e. The minimum atomic E-state index is -0.150. The molecule has 1 N–H and O–H groups in total. The summed E-state index contributed by atoms with van der Waals surface area (Å²) >= 11 is 0. The van der Waals surface area contributed by atoms with Crippen molar-refractivity contribution in [2.45, 2.75) is 39.3 Å². The first-order valence-corrected chi connectivity index (χ1v) is 9.73. The number of hydrogen-bond donors (Lipinski definition) is 1. The smallest absolute Gasteiger partial charge is 0.272 e. The van der Waals surface area contributed by atoms with Crippen LogP contribution < -0.4 is 5.56 Å². The van der Waals surface area contributed by atoms with E-state index in [9.17, 15) is 4.79 Å². The quantitative estimate of drug-likeness (QED) is 0.543. The van der Waals surface area contributed by atoms with E-state index in [4.69, 9.17) is 9.72 Å². The molecular weight excluding hydrogens is 366 g/mol. The number of rotatable bonds is 6. The molecule has 0 aliphatic carbocycles. The van der Waals surface area contributed by atoms with Gasteiger partial charge in [-0.05, 0) is 12.5 Å². The minimum absolute atomic E-state index is 0.114. The van der Waals surface area contributed by atoms with Crippen LogP contribution in [0.15, 0.2) is 53.6 Å². The molecule has 29 heavy (non-hydrogen) atoms. The Morgan fingerprint density at radius 2 is 1.93 bits per heavy atom. The minimum Gasteiger partial charge on any atom is -0.378 e. The Hall–Kier alpha value is -3.19. The van der Waals surface area contributed by atoms with E-state index in [1.54, 1.807) is 19.4 Å². The highest BCUT2D eigenvalue weighted by Crippen LogP contribution is 2.29. The molecule has 1 atom stereocenters. The van der Waals surface area contributed by atoms with E-state index in [0.29, 0.717) is 17.9 Å². The van der Waals surface area contributed by atoms with Crippen LogP contribution in [0.1, 0.15) is 49.9 Å². The first kappa shape index (κ1) is 19.1. The van der Waals surface area contributed by atoms with E-state index in [1.807, 2.05) is 43.5 Å². The maximum absolute atomic E-state index is 12.9. The number of aromatic amines is 1. The molecule has 0 fully saturated rings. The van der Waals surface area contributed by atoms with Crippen molar-refractivity contribution in [1.29, 1.82) is 0 Å². The number of nitrogens with one attached hydrogen (secondary N) is 1. The van der Waals surface area contributed by atoms with Gasteiger partial charge in [-0.2, -0.15) is 0 Å². The largest absolute Gasteiger partial charge is 0.378 e. The Morgan fingerprint density at radius 1 is 1.17 bits per heavy atom. The molecule has 0 saturated carbocycles. The summed E-state index contributed by atoms with van der Waals surface area (Å²) in [4.78, 5) is 22.3. The number of benzene rings is 1. The van der Waals surface area contributed by atoms with Crippen molar-refractivity contribution >= 4 is 5.65 Å². The average Bonchev–Trinajstić information content (AvgIpc) is 3.33. The van der Waals surface area contributed by atoms with Crippen molar-refractivity contribution in [3.05, 3.63) is 76.4 Å². The molecule has 0 amide bonds. The summed E-state index contributed by atoms with van der Waals surface area (Å²) < 4.78 is 8.92. The molecule has 0 aliphatic rings. The zero-order valence-electron chi connectivity index (χ0n) is 17.1. The summed E-state index contributed by atoms with van der Waals surface area (Å²) in [6, 6.07) is 11.4. The highest BCUT2D eigenvalue weighted by Gasteiger charge is 2.21. The second kappa shape index (κ2) is 7.67. The fourth-order valence-electron chi connectivity index (χ4n) is 3.71. The summed E-state index contributed by atoms with van der Waals surface area (Å²) in [5, 5.41) is 3.16. The second-order valence-electron chi connectivity index (χ2n) is 7.47. The Balaban J connectivity index is 1.92. The molecule has 150 valence electrons. The standard InChI is InChI=1S/C22H25N5O2/c1-14(2)21-23-10-11-26(21)15(3)17-12-19(28)27-22(24-17)20(18(25-27)13-29-4)16-8-6-5-7-9-16/h5-12,14-15,25H,13H2,1-4H3/t15-/m1/s1. The van der Waals surface area contributed by atoms with E-state index >= 15 is 0 Å². The SMILES string of the molecule is COCc1[nH]n2c(=O)cc([C@@H](C)n3ccnc3C(C)C)nc2c1-c1ccccc1. The number of imidazole rings is 1. The molecule has 0 unspecified atom stereocenters. The third kappa shape index (κ3) is 3.38. The van der Waals surface area contributed by atoms with Gasteiger partial charge >= 0.3 is 0 Å². The number of methoxy groups -OCH3 is 1. The van der Waals surface area contributed by atoms with Gasteiger partial charge in [0.15, 0.2) is 5.65 Å². The summed E-state index contributed by atoms with van der Waals surface area (Å²) in [7, 11) is 1.64. The lowest BCUT2D eigenvalue weighted by Gasteiger charge is -2.17. The predicted molar refractivity (Wildman–Crippen MR) is 112 cm³/mol. The van der Waals surface area contributed by atoms with Crippen LogP contribution >= 0.6 is 0 Å². The van der Waals surface area contributed by atoms with Crippen LogP contribution in [0.25, 0.3) is 16.8 Å². The lowest BCUT2D eigenvalue weighted by molar-refractivity contribution is 0.181. The summed E-state index contributed by atoms with van der Waals surface area (Å²) in [5.41, 5.74) is 3.84. The van der Waals surface area contributed by atoms with Crippen LogP contribution in [0.5, 0.6) is 0 Å². The van der Waals surface area contributed by atoms with E-state index in [-0.39, 0.29) is 17.5 Å². The van der Waals surface area contributed by atoms with Crippen LogP contribution in [0.3, 0.4) is 0 Å². The van der Waals surface area contributed by atoms with Crippen LogP contribution in [-0.2, 0) is 11.3 Å². The van der Waals surface area contributed by atoms with Crippen molar-refractivity contribution < 1.29 is 4.74 Å². The molecule has 0 bridgehead atoms. The molecule has 0 radical (unpaired) electrons. The van der Waals surface area contributed by atoms with Gasteiger partial charge in [-0.3, -0.25) is 9.89 Å². The fraction of sp³-hybridized carbons (Fsp3) is 0.318. The fourth-order valence-corrected chi connectivity index (χ4v) is 3.71. The van der Waals surface area contributed by atoms with Gasteiger partial charge in [0, 0.05) is 37.1 Å². The number of H-pyrrole nitrogens is 1. The first-order chi connectivity index (χ1) is 14.0. The van der Waals surface area contributed by atoms with Crippen molar-refractivity contribution in [3.63, 3.8) is 0 Å². The van der Waals surface area contributed by atoms with Crippen molar-refractivity contribution in [2.24, 2.45) is 0 Å². The number of ether oxygens (including phenoxy) is 1. The molecule has 4 rings (SSSR count). The van der Waals surface area contributed by atoms with E-state index in [0.717, 1.165) is 22.6 Å². The molecule has 7 nitrogen and oxygen atoms in total. The third-order valence-corrected chi connectivity index (χ3v) is 5.12. The number of fused-ring (bicyclic) bond motifs is 1. The summed E-state index contributed by atoms with van der Waals surface area (Å²) in [5.74, 6) is 1.25. The van der Waals surface area contributed by atoms with Crippen molar-refractivity contribution in [3.8, 4) is 11.1 Å². The van der Waals surface area contributed by atoms with Crippen molar-refractivity contribution in [2.75, 3.05) is 7.11 Å². The van der Waals surface area contributed by atoms with Gasteiger partial charge in [0.25, 0.3) is 5.56 Å². The molecule has 4 aromatic rings. The zero-order valence-corrected chi connectivity index (χ0v) is 17.1. The van der Waals surface area contributed by atoms with Gasteiger partial charge in [0.2, 0.25) is 0 Å². The number of aromatic nitrogens is 5. The first-order valence-electron chi connectivity index (χ1n) is 9.73. The van der Waals surface area contributed by atoms with Crippen LogP contribution in [-0.4, -0.2) is 31.3 Å². The Labute approximate surface area is 169 Å². The van der Waals surface area contributed by atoms with Crippen LogP contribution in [0.2, 0.25) is 0 Å². The number of hydrogen-bond acceptors (Lipinski definition) is 4. The molecule has 3 heterocycles. The molecule has 0 saturated heterocycles. The predicted octanol–water partition coefficient (Wildman–Crippen LogP) is 3.77. The summed E-state index contributed by atoms with van der Waals surface area (Å²) in [6.45, 7) is 6.61. The maximum atomic E-state index is 12.9. The van der Waals surface area contributed by atoms with Gasteiger partial charge in [0.1, 0.15) is 5.82 Å². The second-order valence-corrected chi connectivity index (χ2v) is 7.47. The van der Waals surface area contributed by atoms with E-state index < -0.39 is 0 Å². The molecule has 0 aliphatic heterocycles. The van der Waals surface area contributed by atoms with Crippen LogP contribution in [0.4, 0.5) is 0 Å². The molecule has 7 heteroatoms. The van der Waals surface area contributed by atoms with Gasteiger partial charge in [-0.25, -0.2) is 14.5 Å². The Bertz CT molecular complexity index is 1190. The highest BCUT2D eigenvalue weighted by atomic mass is 16.5. The highest BCUT2D eigenvalue weighted by molar-refractivity contribution is 5.79. The van der Waals surface area contributed by atoms with Crippen LogP contribution in [0, 0.1) is 0 Å². The monoisotopic (exact) mass is 391 g/mol. The molecule has 3 aromatic heterocycles. The van der Waals surface area contributed by atoms with Gasteiger partial charge < -0.3 is 9.30 Å². The lowest BCUT2D eigenvalue weighted by atomic mass is 10.1. The zero-order chi connectivity index (χ0) is 20.5.